The van der Waals surface area contributed by atoms with E-state index in [0.29, 0.717) is 18.0 Å². The number of rotatable bonds is 4. The van der Waals surface area contributed by atoms with E-state index in [1.165, 1.54) is 0 Å². The summed E-state index contributed by atoms with van der Waals surface area (Å²) in [5.41, 5.74) is 3.20. The average Bonchev–Trinajstić information content (AvgIpc) is 3.00. The maximum absolute atomic E-state index is 12.9. The highest BCUT2D eigenvalue weighted by Gasteiger charge is 2.34. The molecule has 1 aliphatic heterocycles. The summed E-state index contributed by atoms with van der Waals surface area (Å²) < 4.78 is 27.3. The molecule has 2 aromatic carbocycles. The van der Waals surface area contributed by atoms with E-state index >= 15 is 0 Å². The van der Waals surface area contributed by atoms with Gasteiger partial charge in [0.1, 0.15) is 0 Å². The molecular weight excluding hydrogens is 318 g/mol. The summed E-state index contributed by atoms with van der Waals surface area (Å²) in [5, 5.41) is 0. The lowest BCUT2D eigenvalue weighted by atomic mass is 10.0. The summed E-state index contributed by atoms with van der Waals surface area (Å²) in [6, 6.07) is 17.0. The lowest BCUT2D eigenvalue weighted by molar-refractivity contribution is 0.471. The molecule has 3 nitrogen and oxygen atoms in total. The molecule has 0 saturated carbocycles. The summed E-state index contributed by atoms with van der Waals surface area (Å²) in [7, 11) is -3.48. The standard InChI is InChI=1S/C20H21NO2S/c1-3-18-14-21(15-19(18)13-17-7-5-4-6-8-17)24(22,23)20-11-9-16(2)10-12-20/h3-13,18H,1,14-15H2,2H3/b19-13+. The normalized spacial score (nSPS) is 20.4. The van der Waals surface area contributed by atoms with Crippen LogP contribution in [0.15, 0.2) is 77.7 Å². The Labute approximate surface area is 144 Å². The van der Waals surface area contributed by atoms with E-state index in [9.17, 15) is 8.42 Å². The summed E-state index contributed by atoms with van der Waals surface area (Å²) in [4.78, 5) is 0.344. The third-order valence-electron chi connectivity index (χ3n) is 4.33. The molecule has 1 atom stereocenters. The van der Waals surface area contributed by atoms with Crippen molar-refractivity contribution in [3.8, 4) is 0 Å². The molecule has 24 heavy (non-hydrogen) atoms. The molecule has 0 aliphatic carbocycles. The Morgan fingerprint density at radius 3 is 2.38 bits per heavy atom. The van der Waals surface area contributed by atoms with Crippen LogP contribution in [-0.2, 0) is 10.0 Å². The van der Waals surface area contributed by atoms with Gasteiger partial charge in [0.05, 0.1) is 4.90 Å². The molecule has 1 heterocycles. The molecule has 124 valence electrons. The number of nitrogens with zero attached hydrogens (tertiary/aromatic N) is 1. The van der Waals surface area contributed by atoms with Gasteiger partial charge in [-0.3, -0.25) is 0 Å². The molecule has 0 amide bonds. The van der Waals surface area contributed by atoms with Crippen LogP contribution in [0.25, 0.3) is 6.08 Å². The second-order valence-corrected chi connectivity index (χ2v) is 8.02. The molecule has 1 saturated heterocycles. The first kappa shape index (κ1) is 16.7. The Balaban J connectivity index is 1.90. The fourth-order valence-electron chi connectivity index (χ4n) is 2.91. The summed E-state index contributed by atoms with van der Waals surface area (Å²) in [6.45, 7) is 6.67. The molecule has 4 heteroatoms. The fourth-order valence-corrected chi connectivity index (χ4v) is 4.36. The highest BCUT2D eigenvalue weighted by Crippen LogP contribution is 2.30. The Morgan fingerprint density at radius 1 is 1.08 bits per heavy atom. The molecule has 0 radical (unpaired) electrons. The van der Waals surface area contributed by atoms with Crippen LogP contribution in [0.1, 0.15) is 11.1 Å². The van der Waals surface area contributed by atoms with Gasteiger partial charge in [-0.2, -0.15) is 4.31 Å². The Hall–Kier alpha value is -2.17. The summed E-state index contributed by atoms with van der Waals surface area (Å²) in [6.07, 6.45) is 3.90. The molecule has 1 fully saturated rings. The van der Waals surface area contributed by atoms with Crippen LogP contribution in [0.2, 0.25) is 0 Å². The van der Waals surface area contributed by atoms with Crippen molar-refractivity contribution in [1.29, 1.82) is 0 Å². The zero-order valence-electron chi connectivity index (χ0n) is 13.7. The SMILES string of the molecule is C=CC1CN(S(=O)(=O)c2ccc(C)cc2)C/C1=C\c1ccccc1. The second-order valence-electron chi connectivity index (χ2n) is 6.08. The number of hydrogen-bond acceptors (Lipinski definition) is 2. The largest absolute Gasteiger partial charge is 0.243 e. The first-order valence-corrected chi connectivity index (χ1v) is 9.39. The molecule has 0 aromatic heterocycles. The van der Waals surface area contributed by atoms with Gasteiger partial charge in [0.15, 0.2) is 0 Å². The van der Waals surface area contributed by atoms with Crippen molar-refractivity contribution in [2.45, 2.75) is 11.8 Å². The lowest BCUT2D eigenvalue weighted by Crippen LogP contribution is -2.28. The highest BCUT2D eigenvalue weighted by molar-refractivity contribution is 7.89. The highest BCUT2D eigenvalue weighted by atomic mass is 32.2. The van der Waals surface area contributed by atoms with Gasteiger partial charge in [-0.1, -0.05) is 60.2 Å². The first-order valence-electron chi connectivity index (χ1n) is 7.95. The fraction of sp³-hybridized carbons (Fsp3) is 0.200. The van der Waals surface area contributed by atoms with Gasteiger partial charge in [-0.15, -0.1) is 6.58 Å². The number of hydrogen-bond donors (Lipinski definition) is 0. The third kappa shape index (κ3) is 3.35. The van der Waals surface area contributed by atoms with Crippen molar-refractivity contribution >= 4 is 16.1 Å². The van der Waals surface area contributed by atoms with Gasteiger partial charge >= 0.3 is 0 Å². The van der Waals surface area contributed by atoms with Crippen LogP contribution >= 0.6 is 0 Å². The Bertz CT molecular complexity index is 852. The first-order chi connectivity index (χ1) is 11.5. The zero-order valence-corrected chi connectivity index (χ0v) is 14.5. The van der Waals surface area contributed by atoms with Gasteiger partial charge < -0.3 is 0 Å². The van der Waals surface area contributed by atoms with Crippen LogP contribution in [0, 0.1) is 12.8 Å². The van der Waals surface area contributed by atoms with Gasteiger partial charge in [0, 0.05) is 19.0 Å². The molecule has 0 N–H and O–H groups in total. The molecule has 0 spiro atoms. The van der Waals surface area contributed by atoms with E-state index in [0.717, 1.165) is 16.7 Å². The van der Waals surface area contributed by atoms with Gasteiger partial charge in [0.25, 0.3) is 0 Å². The predicted octanol–water partition coefficient (Wildman–Crippen LogP) is 3.89. The zero-order chi connectivity index (χ0) is 17.2. The maximum Gasteiger partial charge on any atom is 0.243 e. The summed E-state index contributed by atoms with van der Waals surface area (Å²) in [5.74, 6) is 0.0467. The number of sulfonamides is 1. The van der Waals surface area contributed by atoms with Crippen molar-refractivity contribution in [1.82, 2.24) is 4.31 Å². The third-order valence-corrected chi connectivity index (χ3v) is 6.16. The molecule has 0 bridgehead atoms. The minimum atomic E-state index is -3.48. The van der Waals surface area contributed by atoms with Gasteiger partial charge in [-0.05, 0) is 30.2 Å². The van der Waals surface area contributed by atoms with Crippen molar-refractivity contribution in [2.24, 2.45) is 5.92 Å². The molecule has 1 aliphatic rings. The van der Waals surface area contributed by atoms with E-state index in [2.05, 4.69) is 12.7 Å². The topological polar surface area (TPSA) is 37.4 Å². The Kier molecular flexibility index (Phi) is 4.69. The van der Waals surface area contributed by atoms with Crippen LogP contribution in [-0.4, -0.2) is 25.8 Å². The lowest BCUT2D eigenvalue weighted by Gasteiger charge is -2.15. The van der Waals surface area contributed by atoms with Crippen molar-refractivity contribution in [3.05, 3.63) is 84.0 Å². The number of benzene rings is 2. The molecule has 3 rings (SSSR count). The smallest absolute Gasteiger partial charge is 0.207 e. The van der Waals surface area contributed by atoms with E-state index in [1.54, 1.807) is 16.4 Å². The Morgan fingerprint density at radius 2 is 1.75 bits per heavy atom. The van der Waals surface area contributed by atoms with Crippen molar-refractivity contribution in [2.75, 3.05) is 13.1 Å². The molecular formula is C20H21NO2S. The monoisotopic (exact) mass is 339 g/mol. The van der Waals surface area contributed by atoms with E-state index < -0.39 is 10.0 Å². The average molecular weight is 339 g/mol. The molecule has 2 aromatic rings. The second kappa shape index (κ2) is 6.75. The minimum absolute atomic E-state index is 0.0467. The van der Waals surface area contributed by atoms with Gasteiger partial charge in [-0.25, -0.2) is 8.42 Å². The maximum atomic E-state index is 12.9. The predicted molar refractivity (Wildman–Crippen MR) is 98.0 cm³/mol. The molecule has 1 unspecified atom stereocenters. The quantitative estimate of drug-likeness (QED) is 0.793. The van der Waals surface area contributed by atoms with E-state index in [-0.39, 0.29) is 5.92 Å². The van der Waals surface area contributed by atoms with Crippen LogP contribution in [0.3, 0.4) is 0 Å². The van der Waals surface area contributed by atoms with Gasteiger partial charge in [0.2, 0.25) is 10.0 Å². The van der Waals surface area contributed by atoms with Crippen LogP contribution in [0.5, 0.6) is 0 Å². The minimum Gasteiger partial charge on any atom is -0.207 e. The van der Waals surface area contributed by atoms with E-state index in [4.69, 9.17) is 0 Å². The van der Waals surface area contributed by atoms with Crippen LogP contribution < -0.4 is 0 Å². The summed E-state index contributed by atoms with van der Waals surface area (Å²) >= 11 is 0. The van der Waals surface area contributed by atoms with E-state index in [1.807, 2.05) is 55.5 Å². The van der Waals surface area contributed by atoms with Crippen molar-refractivity contribution < 1.29 is 8.42 Å². The number of aryl methyl sites for hydroxylation is 1. The van der Waals surface area contributed by atoms with Crippen molar-refractivity contribution in [3.63, 3.8) is 0 Å². The van der Waals surface area contributed by atoms with Crippen LogP contribution in [0.4, 0.5) is 0 Å².